The first-order chi connectivity index (χ1) is 68.9. The molecule has 2 aromatic carbocycles. The molecule has 0 aliphatic carbocycles. The van der Waals surface area contributed by atoms with E-state index in [9.17, 15) is 51.5 Å². The van der Waals surface area contributed by atoms with Crippen molar-refractivity contribution in [3.8, 4) is 95.1 Å². The van der Waals surface area contributed by atoms with Crippen LogP contribution < -0.4 is 95.3 Å². The van der Waals surface area contributed by atoms with Crippen LogP contribution in [0.25, 0.3) is 60.4 Å². The van der Waals surface area contributed by atoms with E-state index in [2.05, 4.69) is 145 Å². The maximum absolute atomic E-state index is 13.4. The third kappa shape index (κ3) is 26.9. The van der Waals surface area contributed by atoms with Gasteiger partial charge in [0.05, 0.1) is 56.2 Å². The van der Waals surface area contributed by atoms with Gasteiger partial charge in [-0.1, -0.05) is 59.8 Å². The number of alkyl halides is 3. The van der Waals surface area contributed by atoms with Crippen molar-refractivity contribution >= 4 is 152 Å². The van der Waals surface area contributed by atoms with E-state index in [1.54, 1.807) is 122 Å². The van der Waals surface area contributed by atoms with E-state index in [1.165, 1.54) is 31.6 Å². The maximum Gasteiger partial charge on any atom is 0.490 e. The number of halogens is 6. The van der Waals surface area contributed by atoms with E-state index in [4.69, 9.17) is 65.0 Å². The lowest BCUT2D eigenvalue weighted by Gasteiger charge is -2.36. The van der Waals surface area contributed by atoms with Gasteiger partial charge >= 0.3 is 41.8 Å². The number of piperidine rings is 1. The second-order valence-corrected chi connectivity index (χ2v) is 34.0. The number of primary amides is 2. The minimum absolute atomic E-state index is 0. The number of para-hydroxylation sites is 2. The summed E-state index contributed by atoms with van der Waals surface area (Å²) < 4.78 is 62.9. The van der Waals surface area contributed by atoms with Gasteiger partial charge in [-0.2, -0.15) is 48.3 Å². The quantitative estimate of drug-likeness (QED) is 0.0422. The number of rotatable bonds is 18. The number of H-pyrrole nitrogens is 1. The zero-order chi connectivity index (χ0) is 104. The summed E-state index contributed by atoms with van der Waals surface area (Å²) in [5, 5.41) is 24.1. The number of nitrogens with two attached hydrogens (primary N) is 4. The SMILES string of the molecule is C#CCn1ncc2nc(N3CCNCC3)n(CC#CC)c2c1=O.CC#CCn1c(N2CCC(N)C2)nc2nc(Oc3ccccc3C(N)=O)n(C)c(=O)c21.CC#CCn1c(N2CCCC(NC)C2)nc2nc(Oc3ccccc3C(N)=O)n(C)c(=O)c21.CC#CCn1c(N2CCN(C(=O)OC(C)(C)C)CC2)nc2cn[nH]c(=O)c21.Cl.Cl.Cl.O=C(O)C(F)(F)F.[C-]#[N+]c1nc2nc(N3CCC(N)C3)n(CC#CC)c2c(=O)n1C. The fourth-order valence-electron chi connectivity index (χ4n) is 16.0. The molecule has 0 bridgehead atoms. The number of anilines is 5. The van der Waals surface area contributed by atoms with Crippen molar-refractivity contribution in [2.75, 3.05) is 123 Å². The summed E-state index contributed by atoms with van der Waals surface area (Å²) in [6, 6.07) is 13.5. The number of piperazine rings is 2. The van der Waals surface area contributed by atoms with Crippen LogP contribution >= 0.6 is 37.2 Å². The van der Waals surface area contributed by atoms with Crippen molar-refractivity contribution in [1.29, 1.82) is 0 Å². The topological polar surface area (TPSA) is 543 Å². The molecule has 5 aliphatic rings. The number of carboxylic acid groups (broad SMARTS) is 1. The molecule has 5 aliphatic heterocycles. The molecular weight excluding hydrogens is 1970 g/mol. The molecular formula is C95H113Cl3F3N33O13. The highest BCUT2D eigenvalue weighted by molar-refractivity contribution is 5.96. The smallest absolute Gasteiger partial charge is 0.475 e. The minimum atomic E-state index is -5.08. The average Bonchev–Trinajstić information content (AvgIpc) is 1.62. The molecule has 52 heteroatoms. The van der Waals surface area contributed by atoms with Crippen molar-refractivity contribution in [2.24, 2.45) is 44.1 Å². The summed E-state index contributed by atoms with van der Waals surface area (Å²) in [6.07, 6.45) is 6.85. The number of aliphatic carboxylic acids is 1. The number of fused-ring (bicyclic) bond motifs is 5. The molecule has 147 heavy (non-hydrogen) atoms. The van der Waals surface area contributed by atoms with E-state index in [-0.39, 0.29) is 147 Å². The first-order valence-electron chi connectivity index (χ1n) is 45.6. The molecule has 46 nitrogen and oxygen atoms in total. The number of carbonyl (C=O) groups excluding carboxylic acids is 3. The Morgan fingerprint density at radius 1 is 0.524 bits per heavy atom. The van der Waals surface area contributed by atoms with E-state index >= 15 is 0 Å². The number of benzene rings is 2. The van der Waals surface area contributed by atoms with Crippen LogP contribution in [0.1, 0.15) is 102 Å². The number of nitrogens with zero attached hydrogens (tertiary/aromatic N) is 26. The molecule has 778 valence electrons. The van der Waals surface area contributed by atoms with Crippen molar-refractivity contribution in [3.63, 3.8) is 0 Å². The molecule has 5 fully saturated rings. The van der Waals surface area contributed by atoms with Gasteiger partial charge in [0, 0.05) is 131 Å². The highest BCUT2D eigenvalue weighted by Crippen LogP contribution is 2.33. The summed E-state index contributed by atoms with van der Waals surface area (Å²) >= 11 is 0. The van der Waals surface area contributed by atoms with Gasteiger partial charge in [0.2, 0.25) is 35.4 Å². The molecule has 3 amide bonds. The lowest BCUT2D eigenvalue weighted by molar-refractivity contribution is -0.192. The van der Waals surface area contributed by atoms with Crippen LogP contribution in [0, 0.1) is 78.1 Å². The Hall–Kier alpha value is -16.2. The lowest BCUT2D eigenvalue weighted by Crippen LogP contribution is -2.50. The summed E-state index contributed by atoms with van der Waals surface area (Å²) in [6.45, 7) is 33.5. The molecule has 0 saturated carbocycles. The number of aromatic amines is 1. The van der Waals surface area contributed by atoms with Gasteiger partial charge < -0.3 is 87.1 Å². The van der Waals surface area contributed by atoms with Crippen LogP contribution in [0.5, 0.6) is 23.5 Å². The molecule has 0 spiro atoms. The third-order valence-corrected chi connectivity index (χ3v) is 23.2. The van der Waals surface area contributed by atoms with E-state index < -0.39 is 29.6 Å². The van der Waals surface area contributed by atoms with Gasteiger partial charge in [-0.3, -0.25) is 65.3 Å². The van der Waals surface area contributed by atoms with E-state index in [0.717, 1.165) is 84.0 Å². The molecule has 12 aromatic rings. The monoisotopic (exact) mass is 2090 g/mol. The zero-order valence-electron chi connectivity index (χ0n) is 82.7. The number of carboxylic acids is 1. The van der Waals surface area contributed by atoms with Crippen LogP contribution in [0.2, 0.25) is 0 Å². The molecule has 3 atom stereocenters. The van der Waals surface area contributed by atoms with Crippen LogP contribution in [0.3, 0.4) is 0 Å². The molecule has 12 N–H and O–H groups in total. The molecule has 5 saturated heterocycles. The largest absolute Gasteiger partial charge is 0.490 e. The standard InChI is InChI=1S/C23H27N7O3.C21H23N7O3.C18H24N6O3.C16H18N6O.C15H17N7O.C2HF3O2.3ClH/c1-4-5-13-30-18-20(26-22(30)29-12-8-9-15(14-29)25-2)27-23(28(3)21(18)32)33-17-11-7-6-10-16(17)19(24)31;1-3-4-10-28-16-18(24-20(28)27-11-9-13(22)12-27)25-21(26(2)19(16)30)31-15-8-6-5-7-14(15)17(23)29;1-5-6-7-24-14-13(12-19-21-15(14)25)20-16(24)22-8-10-23(11-9-22)17(26)27-18(2,3)4;1-3-5-9-21-14-13(12-18-22(8-4-2)15(14)23)19-16(21)20-10-6-17-7-11-20;1-4-5-7-22-11-12(18-14(17-2)20(3)13(11)23)19-15(22)21-8-6-10(16)9-21;3-2(4,5)1(6)7;;;/h6-7,10-11,15,25H,8-9,12-14H2,1-3H3,(H2,24,31);5-8,13H,9-12,22H2,1-2H3,(H2,23,29);12H,7-11H2,1-4H3,(H,21,25);2,12,17H,6-11H2,1H3;10H,6-9,16H2,1,3H3;(H,6,7);3*1H. The predicted molar refractivity (Wildman–Crippen MR) is 555 cm³/mol. The minimum Gasteiger partial charge on any atom is -0.475 e. The Morgan fingerprint density at radius 2 is 0.925 bits per heavy atom. The number of hydrogen-bond donors (Lipinski definition) is 8. The normalized spacial score (nSPS) is 15.1. The fraction of sp³-hybridized carbons (Fsp3) is 0.432. The van der Waals surface area contributed by atoms with Crippen LogP contribution in [0.4, 0.5) is 53.7 Å². The Morgan fingerprint density at radius 3 is 1.33 bits per heavy atom. The number of hydrogen-bond acceptors (Lipinski definition) is 31. The fourth-order valence-corrected chi connectivity index (χ4v) is 16.0. The van der Waals surface area contributed by atoms with Gasteiger partial charge in [-0.15, -0.1) is 84.8 Å². The number of imidazole rings is 5. The Labute approximate surface area is 859 Å². The first-order valence-corrected chi connectivity index (χ1v) is 45.6. The summed E-state index contributed by atoms with van der Waals surface area (Å²) in [5.74, 6) is 31.5. The summed E-state index contributed by atoms with van der Waals surface area (Å²) in [5.41, 5.74) is 25.2. The number of amides is 3. The number of carbonyl (C=O) groups is 4. The second-order valence-electron chi connectivity index (χ2n) is 34.0. The first kappa shape index (κ1) is 114. The van der Waals surface area contributed by atoms with Gasteiger partial charge in [0.15, 0.2) is 27.8 Å². The molecule has 17 rings (SSSR count). The van der Waals surface area contributed by atoms with Crippen LogP contribution in [-0.4, -0.2) is 259 Å². The number of likely N-dealkylation sites (N-methyl/N-ethyl adjacent to an activating group) is 1. The molecule has 0 radical (unpaired) electrons. The zero-order valence-corrected chi connectivity index (χ0v) is 85.1. The molecule has 15 heterocycles. The van der Waals surface area contributed by atoms with Crippen LogP contribution in [0.15, 0.2) is 84.9 Å². The summed E-state index contributed by atoms with van der Waals surface area (Å²) in [4.78, 5) is 160. The average molecular weight is 2090 g/mol. The third-order valence-electron chi connectivity index (χ3n) is 23.2. The highest BCUT2D eigenvalue weighted by Gasteiger charge is 2.39. The van der Waals surface area contributed by atoms with Crippen LogP contribution in [-0.2, 0) is 69.9 Å². The Balaban J connectivity index is 0.000000201. The van der Waals surface area contributed by atoms with E-state index in [0.29, 0.717) is 140 Å². The molecule has 10 aromatic heterocycles. The van der Waals surface area contributed by atoms with Crippen molar-refractivity contribution in [3.05, 3.63) is 135 Å². The number of aromatic nitrogens is 20. The predicted octanol–water partition coefficient (Wildman–Crippen LogP) is 4.81. The molecule has 3 unspecified atom stereocenters. The Kier molecular flexibility index (Phi) is 40.0. The number of terminal acetylenes is 1. The highest BCUT2D eigenvalue weighted by atomic mass is 35.5. The van der Waals surface area contributed by atoms with Gasteiger partial charge in [0.1, 0.15) is 45.7 Å². The van der Waals surface area contributed by atoms with Gasteiger partial charge in [-0.05, 0) is 112 Å². The van der Waals surface area contributed by atoms with E-state index in [1.807, 2.05) is 46.8 Å². The van der Waals surface area contributed by atoms with Crippen molar-refractivity contribution in [2.45, 2.75) is 150 Å². The number of nitrogens with one attached hydrogen (secondary N) is 3. The lowest BCUT2D eigenvalue weighted by atomic mass is 10.1. The second kappa shape index (κ2) is 51.4. The maximum atomic E-state index is 13.4. The van der Waals surface area contributed by atoms with Gasteiger partial charge in [0.25, 0.3) is 34.1 Å². The Bertz CT molecular complexity index is 7620. The van der Waals surface area contributed by atoms with Crippen molar-refractivity contribution < 1.29 is 51.7 Å². The number of ether oxygens (including phenoxy) is 3. The van der Waals surface area contributed by atoms with Crippen molar-refractivity contribution in [1.82, 2.24) is 112 Å². The van der Waals surface area contributed by atoms with Gasteiger partial charge in [-0.25, -0.2) is 34.1 Å². The summed E-state index contributed by atoms with van der Waals surface area (Å²) in [7, 11) is 6.60.